The van der Waals surface area contributed by atoms with Crippen molar-refractivity contribution in [2.75, 3.05) is 5.32 Å². The van der Waals surface area contributed by atoms with Crippen LogP contribution in [0.25, 0.3) is 10.8 Å². The van der Waals surface area contributed by atoms with Crippen LogP contribution < -0.4 is 10.1 Å². The van der Waals surface area contributed by atoms with Crippen LogP contribution in [0.2, 0.25) is 0 Å². The molecular formula is C20H21N3O. The van der Waals surface area contributed by atoms with Crippen molar-refractivity contribution in [3.63, 3.8) is 0 Å². The van der Waals surface area contributed by atoms with E-state index in [0.717, 1.165) is 22.0 Å². The number of nitrogens with one attached hydrogen (secondary N) is 1. The van der Waals surface area contributed by atoms with Gasteiger partial charge in [0.05, 0.1) is 5.39 Å². The molecule has 0 spiro atoms. The third-order valence-corrected chi connectivity index (χ3v) is 4.57. The molecule has 2 aromatic heterocycles. The average Bonchev–Trinajstić information content (AvgIpc) is 3.14. The van der Waals surface area contributed by atoms with Gasteiger partial charge in [0.25, 0.3) is 0 Å². The maximum absolute atomic E-state index is 6.02. The molecule has 0 unspecified atom stereocenters. The molecule has 0 bridgehead atoms. The zero-order valence-corrected chi connectivity index (χ0v) is 13.6. The smallest absolute Gasteiger partial charge is 0.223 e. The molecule has 1 aliphatic carbocycles. The second-order valence-electron chi connectivity index (χ2n) is 6.30. The van der Waals surface area contributed by atoms with Gasteiger partial charge in [-0.15, -0.1) is 0 Å². The molecular weight excluding hydrogens is 298 g/mol. The first-order chi connectivity index (χ1) is 11.9. The minimum absolute atomic E-state index is 0.470. The lowest BCUT2D eigenvalue weighted by atomic mass is 10.1. The fourth-order valence-electron chi connectivity index (χ4n) is 3.35. The number of fused-ring (bicyclic) bond motifs is 1. The van der Waals surface area contributed by atoms with Crippen LogP contribution in [0.4, 0.5) is 5.69 Å². The predicted molar refractivity (Wildman–Crippen MR) is 96.2 cm³/mol. The Hall–Kier alpha value is -2.62. The minimum Gasteiger partial charge on any atom is -0.472 e. The van der Waals surface area contributed by atoms with Crippen LogP contribution in [0.3, 0.4) is 0 Å². The summed E-state index contributed by atoms with van der Waals surface area (Å²) in [6.07, 6.45) is 10.5. The molecule has 4 nitrogen and oxygen atoms in total. The lowest BCUT2D eigenvalue weighted by Crippen LogP contribution is -2.14. The van der Waals surface area contributed by atoms with E-state index >= 15 is 0 Å². The second kappa shape index (κ2) is 6.87. The Kier molecular flexibility index (Phi) is 4.28. The van der Waals surface area contributed by atoms with Gasteiger partial charge >= 0.3 is 0 Å². The molecule has 1 aromatic carbocycles. The number of pyridine rings is 2. The molecule has 122 valence electrons. The largest absolute Gasteiger partial charge is 0.472 e. The van der Waals surface area contributed by atoms with Crippen molar-refractivity contribution in [1.29, 1.82) is 0 Å². The van der Waals surface area contributed by atoms with E-state index in [2.05, 4.69) is 33.5 Å². The Bertz CT molecular complexity index is 808. The van der Waals surface area contributed by atoms with Crippen LogP contribution in [0.15, 0.2) is 55.0 Å². The van der Waals surface area contributed by atoms with Gasteiger partial charge < -0.3 is 10.1 Å². The fraction of sp³-hybridized carbons (Fsp3) is 0.300. The highest BCUT2D eigenvalue weighted by Gasteiger charge is 2.17. The van der Waals surface area contributed by atoms with E-state index in [1.165, 1.54) is 25.7 Å². The fourth-order valence-corrected chi connectivity index (χ4v) is 3.35. The van der Waals surface area contributed by atoms with Crippen LogP contribution in [-0.2, 0) is 6.61 Å². The normalized spacial score (nSPS) is 14.8. The Morgan fingerprint density at radius 3 is 2.79 bits per heavy atom. The van der Waals surface area contributed by atoms with Gasteiger partial charge in [0.1, 0.15) is 6.61 Å². The van der Waals surface area contributed by atoms with Gasteiger partial charge in [-0.2, -0.15) is 0 Å². The molecule has 1 N–H and O–H groups in total. The van der Waals surface area contributed by atoms with Gasteiger partial charge in [0.2, 0.25) is 5.88 Å². The van der Waals surface area contributed by atoms with Crippen molar-refractivity contribution >= 4 is 16.5 Å². The summed E-state index contributed by atoms with van der Waals surface area (Å²) < 4.78 is 6.02. The van der Waals surface area contributed by atoms with E-state index in [-0.39, 0.29) is 0 Å². The average molecular weight is 319 g/mol. The van der Waals surface area contributed by atoms with E-state index in [0.29, 0.717) is 18.5 Å². The molecule has 24 heavy (non-hydrogen) atoms. The summed E-state index contributed by atoms with van der Waals surface area (Å²) in [5, 5.41) is 5.90. The van der Waals surface area contributed by atoms with E-state index < -0.39 is 0 Å². The highest BCUT2D eigenvalue weighted by atomic mass is 16.5. The van der Waals surface area contributed by atoms with Crippen molar-refractivity contribution in [3.05, 3.63) is 60.6 Å². The number of anilines is 1. The Morgan fingerprint density at radius 2 is 1.96 bits per heavy atom. The van der Waals surface area contributed by atoms with E-state index in [1.54, 1.807) is 12.4 Å². The van der Waals surface area contributed by atoms with Gasteiger partial charge in [-0.25, -0.2) is 4.98 Å². The summed E-state index contributed by atoms with van der Waals surface area (Å²) in [7, 11) is 0. The van der Waals surface area contributed by atoms with Crippen molar-refractivity contribution in [3.8, 4) is 5.88 Å². The topological polar surface area (TPSA) is 47.0 Å². The summed E-state index contributed by atoms with van der Waals surface area (Å²) in [6.45, 7) is 0.470. The molecule has 3 aromatic rings. The zero-order valence-electron chi connectivity index (χ0n) is 13.6. The third kappa shape index (κ3) is 3.18. The number of rotatable bonds is 5. The molecule has 0 aliphatic heterocycles. The summed E-state index contributed by atoms with van der Waals surface area (Å²) >= 11 is 0. The second-order valence-corrected chi connectivity index (χ2v) is 6.30. The zero-order chi connectivity index (χ0) is 16.2. The molecule has 4 heteroatoms. The van der Waals surface area contributed by atoms with Crippen molar-refractivity contribution < 1.29 is 4.74 Å². The van der Waals surface area contributed by atoms with Crippen molar-refractivity contribution in [1.82, 2.24) is 9.97 Å². The van der Waals surface area contributed by atoms with E-state index in [1.807, 2.05) is 24.4 Å². The summed E-state index contributed by atoms with van der Waals surface area (Å²) in [5.74, 6) is 0.678. The predicted octanol–water partition coefficient (Wildman–Crippen LogP) is 4.56. The van der Waals surface area contributed by atoms with Crippen LogP contribution in [0.1, 0.15) is 31.2 Å². The molecule has 4 rings (SSSR count). The van der Waals surface area contributed by atoms with Gasteiger partial charge in [-0.05, 0) is 36.4 Å². The Morgan fingerprint density at radius 1 is 1.04 bits per heavy atom. The van der Waals surface area contributed by atoms with E-state index in [4.69, 9.17) is 4.74 Å². The molecule has 0 atom stereocenters. The first kappa shape index (κ1) is 14.9. The molecule has 1 fully saturated rings. The van der Waals surface area contributed by atoms with Crippen molar-refractivity contribution in [2.24, 2.45) is 0 Å². The molecule has 1 aliphatic rings. The Balaban J connectivity index is 1.64. The Labute approximate surface area is 141 Å². The molecule has 0 amide bonds. The first-order valence-corrected chi connectivity index (χ1v) is 8.56. The number of ether oxygens (including phenoxy) is 1. The van der Waals surface area contributed by atoms with Crippen LogP contribution in [0.5, 0.6) is 5.88 Å². The number of aromatic nitrogens is 2. The summed E-state index contributed by atoms with van der Waals surface area (Å²) in [4.78, 5) is 8.61. The number of nitrogens with zero attached hydrogens (tertiary/aromatic N) is 2. The highest BCUT2D eigenvalue weighted by Crippen LogP contribution is 2.33. The first-order valence-electron chi connectivity index (χ1n) is 8.56. The van der Waals surface area contributed by atoms with Gasteiger partial charge in [-0.1, -0.05) is 31.0 Å². The van der Waals surface area contributed by atoms with Crippen LogP contribution in [0, 0.1) is 0 Å². The number of hydrogen-bond acceptors (Lipinski definition) is 4. The lowest BCUT2D eigenvalue weighted by molar-refractivity contribution is 0.297. The SMILES string of the molecule is c1cncc(COc2nccc3cccc(NC4CCCC4)c23)c1. The molecule has 0 saturated heterocycles. The third-order valence-electron chi connectivity index (χ3n) is 4.57. The van der Waals surface area contributed by atoms with Gasteiger partial charge in [0, 0.05) is 35.9 Å². The quantitative estimate of drug-likeness (QED) is 0.748. The maximum atomic E-state index is 6.02. The van der Waals surface area contributed by atoms with Gasteiger partial charge in [0.15, 0.2) is 0 Å². The molecule has 1 saturated carbocycles. The minimum atomic E-state index is 0.470. The van der Waals surface area contributed by atoms with Crippen LogP contribution >= 0.6 is 0 Å². The highest BCUT2D eigenvalue weighted by molar-refractivity contribution is 5.97. The summed E-state index contributed by atoms with van der Waals surface area (Å²) in [6, 6.07) is 12.8. The number of hydrogen-bond donors (Lipinski definition) is 1. The van der Waals surface area contributed by atoms with Gasteiger partial charge in [-0.3, -0.25) is 4.98 Å². The van der Waals surface area contributed by atoms with E-state index in [9.17, 15) is 0 Å². The summed E-state index contributed by atoms with van der Waals surface area (Å²) in [5.41, 5.74) is 2.16. The number of benzene rings is 1. The van der Waals surface area contributed by atoms with Crippen LogP contribution in [-0.4, -0.2) is 16.0 Å². The molecule has 0 radical (unpaired) electrons. The lowest BCUT2D eigenvalue weighted by Gasteiger charge is -2.17. The standard InChI is InChI=1S/C20H21N3O/c1-2-8-17(7-1)23-18-9-3-6-16-10-12-22-20(19(16)18)24-14-15-5-4-11-21-13-15/h3-6,9-13,17,23H,1-2,7-8,14H2. The maximum Gasteiger partial charge on any atom is 0.223 e. The van der Waals surface area contributed by atoms with Crippen molar-refractivity contribution in [2.45, 2.75) is 38.3 Å². The molecule has 2 heterocycles. The monoisotopic (exact) mass is 319 g/mol.